The van der Waals surface area contributed by atoms with Crippen molar-refractivity contribution in [3.8, 4) is 11.3 Å². The molecule has 0 aliphatic carbocycles. The minimum Gasteiger partial charge on any atom is -0.368 e. The summed E-state index contributed by atoms with van der Waals surface area (Å²) in [6.45, 7) is 9.91. The van der Waals surface area contributed by atoms with Gasteiger partial charge in [0.1, 0.15) is 5.82 Å². The van der Waals surface area contributed by atoms with Crippen LogP contribution in [0.25, 0.3) is 11.3 Å². The van der Waals surface area contributed by atoms with Crippen LogP contribution in [0, 0.1) is 5.82 Å². The average molecular weight is 395 g/mol. The third kappa shape index (κ3) is 3.14. The van der Waals surface area contributed by atoms with Gasteiger partial charge in [0.25, 0.3) is 0 Å². The van der Waals surface area contributed by atoms with Gasteiger partial charge in [-0.2, -0.15) is 0 Å². The quantitative estimate of drug-likeness (QED) is 0.657. The molecular formula is C20H24ClFN2OS. The minimum atomic E-state index is -0.361. The number of morpholine rings is 1. The molecule has 0 saturated carbocycles. The van der Waals surface area contributed by atoms with Crippen molar-refractivity contribution < 1.29 is 9.13 Å². The summed E-state index contributed by atoms with van der Waals surface area (Å²) < 4.78 is 20.9. The van der Waals surface area contributed by atoms with Crippen molar-refractivity contribution in [3.05, 3.63) is 33.9 Å². The van der Waals surface area contributed by atoms with Crippen molar-refractivity contribution in [1.29, 1.82) is 0 Å². The summed E-state index contributed by atoms with van der Waals surface area (Å²) in [5, 5.41) is 3.16. The minimum absolute atomic E-state index is 0.0717. The Kier molecular flexibility index (Phi) is 4.33. The van der Waals surface area contributed by atoms with Crippen LogP contribution in [0.3, 0.4) is 0 Å². The molecule has 6 heteroatoms. The predicted octanol–water partition coefficient (Wildman–Crippen LogP) is 5.66. The van der Waals surface area contributed by atoms with Crippen molar-refractivity contribution in [3.63, 3.8) is 0 Å². The highest BCUT2D eigenvalue weighted by Crippen LogP contribution is 2.41. The molecule has 2 aliphatic heterocycles. The zero-order valence-corrected chi connectivity index (χ0v) is 17.2. The maximum Gasteiger partial charge on any atom is 0.186 e. The van der Waals surface area contributed by atoms with Crippen LogP contribution < -0.4 is 4.90 Å². The van der Waals surface area contributed by atoms with Gasteiger partial charge in [-0.3, -0.25) is 0 Å². The Hall–Kier alpha value is -1.17. The van der Waals surface area contributed by atoms with E-state index in [0.29, 0.717) is 11.7 Å². The van der Waals surface area contributed by atoms with E-state index in [4.69, 9.17) is 21.3 Å². The number of rotatable bonds is 2. The fourth-order valence-electron chi connectivity index (χ4n) is 4.12. The predicted molar refractivity (Wildman–Crippen MR) is 106 cm³/mol. The Morgan fingerprint density at radius 2 is 2.15 bits per heavy atom. The number of hydrogen-bond acceptors (Lipinski definition) is 4. The fourth-order valence-corrected chi connectivity index (χ4v) is 5.12. The van der Waals surface area contributed by atoms with E-state index >= 15 is 0 Å². The smallest absolute Gasteiger partial charge is 0.186 e. The van der Waals surface area contributed by atoms with Crippen molar-refractivity contribution >= 4 is 28.1 Å². The number of thiazole rings is 1. The van der Waals surface area contributed by atoms with Crippen LogP contribution in [0.2, 0.25) is 5.02 Å². The molecule has 26 heavy (non-hydrogen) atoms. The second kappa shape index (κ2) is 6.18. The van der Waals surface area contributed by atoms with Crippen LogP contribution in [0.4, 0.5) is 9.52 Å². The molecular weight excluding hydrogens is 371 g/mol. The maximum absolute atomic E-state index is 14.8. The first kappa shape index (κ1) is 18.2. The first-order valence-electron chi connectivity index (χ1n) is 9.03. The van der Waals surface area contributed by atoms with E-state index in [1.807, 2.05) is 32.2 Å². The number of fused-ring (bicyclic) bond motifs is 2. The average Bonchev–Trinajstić information content (AvgIpc) is 3.13. The van der Waals surface area contributed by atoms with Crippen molar-refractivity contribution in [2.24, 2.45) is 0 Å². The fraction of sp³-hybridized carbons (Fsp3) is 0.550. The van der Waals surface area contributed by atoms with Crippen LogP contribution in [-0.2, 0) is 10.2 Å². The van der Waals surface area contributed by atoms with E-state index < -0.39 is 0 Å². The molecule has 3 nitrogen and oxygen atoms in total. The van der Waals surface area contributed by atoms with Crippen LogP contribution in [-0.4, -0.2) is 29.8 Å². The van der Waals surface area contributed by atoms with Crippen molar-refractivity contribution in [1.82, 2.24) is 4.98 Å². The standard InChI is InChI=1S/C20H24ClFN2OS/c1-19(2,3)16-13(5-6-14(21)17(16)22)15-10-26-18(23-15)24-9-12-7-8-20(4,11-24)25-12/h5-6,10,12H,7-9,11H2,1-4H3/t12-,20+/m0/s1. The normalized spacial score (nSPS) is 25.8. The van der Waals surface area contributed by atoms with Gasteiger partial charge in [-0.05, 0) is 31.2 Å². The van der Waals surface area contributed by atoms with Crippen LogP contribution in [0.1, 0.15) is 46.1 Å². The third-order valence-electron chi connectivity index (χ3n) is 5.28. The summed E-state index contributed by atoms with van der Waals surface area (Å²) >= 11 is 7.66. The molecule has 2 bridgehead atoms. The molecule has 2 fully saturated rings. The first-order chi connectivity index (χ1) is 12.2. The van der Waals surface area contributed by atoms with E-state index in [-0.39, 0.29) is 21.9 Å². The van der Waals surface area contributed by atoms with Crippen molar-refractivity contribution in [2.45, 2.75) is 57.7 Å². The van der Waals surface area contributed by atoms with Crippen LogP contribution >= 0.6 is 22.9 Å². The lowest BCUT2D eigenvalue weighted by Gasteiger charge is -2.38. The largest absolute Gasteiger partial charge is 0.368 e. The Labute approximate surface area is 163 Å². The van der Waals surface area contributed by atoms with Gasteiger partial charge in [-0.1, -0.05) is 38.4 Å². The number of halogens is 2. The van der Waals surface area contributed by atoms with Gasteiger partial charge >= 0.3 is 0 Å². The number of aromatic nitrogens is 1. The van der Waals surface area contributed by atoms with Gasteiger partial charge in [0.05, 0.1) is 22.4 Å². The van der Waals surface area contributed by atoms with E-state index in [2.05, 4.69) is 11.8 Å². The number of benzene rings is 1. The topological polar surface area (TPSA) is 25.4 Å². The van der Waals surface area contributed by atoms with Crippen LogP contribution in [0.5, 0.6) is 0 Å². The second-order valence-electron chi connectivity index (χ2n) is 8.66. The molecule has 0 N–H and O–H groups in total. The first-order valence-corrected chi connectivity index (χ1v) is 10.3. The highest BCUT2D eigenvalue weighted by atomic mass is 35.5. The van der Waals surface area contributed by atoms with Gasteiger partial charge in [0.15, 0.2) is 5.13 Å². The molecule has 0 radical (unpaired) electrons. The molecule has 2 atom stereocenters. The molecule has 3 heterocycles. The summed E-state index contributed by atoms with van der Waals surface area (Å²) in [5.41, 5.74) is 1.83. The molecule has 0 amide bonds. The lowest BCUT2D eigenvalue weighted by molar-refractivity contribution is -0.0405. The third-order valence-corrected chi connectivity index (χ3v) is 6.47. The van der Waals surface area contributed by atoms with Gasteiger partial charge in [0, 0.05) is 29.6 Å². The van der Waals surface area contributed by atoms with Gasteiger partial charge in [0.2, 0.25) is 0 Å². The van der Waals surface area contributed by atoms with Gasteiger partial charge < -0.3 is 9.64 Å². The maximum atomic E-state index is 14.8. The lowest BCUT2D eigenvalue weighted by atomic mass is 9.82. The Morgan fingerprint density at radius 3 is 2.85 bits per heavy atom. The molecule has 140 valence electrons. The highest BCUT2D eigenvalue weighted by molar-refractivity contribution is 7.14. The Morgan fingerprint density at radius 1 is 1.38 bits per heavy atom. The SMILES string of the molecule is CC(C)(C)c1c(-c2csc(N3C[C@@H]4CC[C@](C)(C3)O4)n2)ccc(Cl)c1F. The zero-order chi connectivity index (χ0) is 18.7. The summed E-state index contributed by atoms with van der Waals surface area (Å²) in [6.07, 6.45) is 2.50. The summed E-state index contributed by atoms with van der Waals surface area (Å²) in [6, 6.07) is 3.51. The molecule has 0 spiro atoms. The number of ether oxygens (including phenoxy) is 1. The van der Waals surface area contributed by atoms with E-state index in [1.54, 1.807) is 17.4 Å². The second-order valence-corrected chi connectivity index (χ2v) is 9.90. The monoisotopic (exact) mass is 394 g/mol. The molecule has 1 aromatic carbocycles. The van der Waals surface area contributed by atoms with E-state index in [0.717, 1.165) is 42.3 Å². The Balaban J connectivity index is 1.70. The van der Waals surface area contributed by atoms with Gasteiger partial charge in [-0.15, -0.1) is 11.3 Å². The number of anilines is 1. The molecule has 2 saturated heterocycles. The summed E-state index contributed by atoms with van der Waals surface area (Å²) in [4.78, 5) is 7.17. The molecule has 1 aromatic heterocycles. The highest BCUT2D eigenvalue weighted by Gasteiger charge is 2.43. The number of nitrogens with zero attached hydrogens (tertiary/aromatic N) is 2. The van der Waals surface area contributed by atoms with Gasteiger partial charge in [-0.25, -0.2) is 9.37 Å². The lowest BCUT2D eigenvalue weighted by Crippen LogP contribution is -2.49. The Bertz CT molecular complexity index is 847. The molecule has 2 aliphatic rings. The van der Waals surface area contributed by atoms with Crippen molar-refractivity contribution in [2.75, 3.05) is 18.0 Å². The molecule has 2 aromatic rings. The zero-order valence-electron chi connectivity index (χ0n) is 15.6. The van der Waals surface area contributed by atoms with E-state index in [1.165, 1.54) is 0 Å². The summed E-state index contributed by atoms with van der Waals surface area (Å²) in [7, 11) is 0. The molecule has 4 rings (SSSR count). The van der Waals surface area contributed by atoms with Crippen LogP contribution in [0.15, 0.2) is 17.5 Å². The summed E-state index contributed by atoms with van der Waals surface area (Å²) in [5.74, 6) is -0.344. The van der Waals surface area contributed by atoms with E-state index in [9.17, 15) is 4.39 Å². The molecule has 0 unspecified atom stereocenters. The number of hydrogen-bond donors (Lipinski definition) is 0.